The van der Waals surface area contributed by atoms with Gasteiger partial charge in [0.1, 0.15) is 12.9 Å². The van der Waals surface area contributed by atoms with Gasteiger partial charge in [-0.15, -0.1) is 0 Å². The number of ether oxygens (including phenoxy) is 1. The van der Waals surface area contributed by atoms with Crippen molar-refractivity contribution < 1.29 is 4.74 Å². The monoisotopic (exact) mass is 136 g/mol. The minimum absolute atomic E-state index is 0.619. The number of rotatable bonds is 0. The van der Waals surface area contributed by atoms with Crippen molar-refractivity contribution >= 4 is 11.9 Å². The van der Waals surface area contributed by atoms with Gasteiger partial charge in [-0.2, -0.15) is 0 Å². The maximum Gasteiger partial charge on any atom is 0.128 e. The standard InChI is InChI=1S/C7H8N2O/c8-6-3-7-5-10-2-1-9(7)4-6/h1-4H,5,8H2. The fraction of sp³-hybridized carbons (Fsp3) is 0.143. The SMILES string of the molecule is Nc1cc2n(c1)C=COC2. The number of aromatic nitrogens is 1. The predicted octanol–water partition coefficient (Wildman–Crippen LogP) is 1.03. The quantitative estimate of drug-likeness (QED) is 0.578. The molecule has 1 aromatic rings. The van der Waals surface area contributed by atoms with Gasteiger partial charge in [0, 0.05) is 12.4 Å². The summed E-state index contributed by atoms with van der Waals surface area (Å²) in [5.74, 6) is 0. The summed E-state index contributed by atoms with van der Waals surface area (Å²) in [4.78, 5) is 0. The van der Waals surface area contributed by atoms with Crippen molar-refractivity contribution in [2.75, 3.05) is 5.73 Å². The molecule has 1 aliphatic rings. The third kappa shape index (κ3) is 0.673. The van der Waals surface area contributed by atoms with Crippen molar-refractivity contribution in [2.24, 2.45) is 0 Å². The van der Waals surface area contributed by atoms with Crippen molar-refractivity contribution in [1.82, 2.24) is 4.57 Å². The van der Waals surface area contributed by atoms with Crippen molar-refractivity contribution in [3.63, 3.8) is 0 Å². The Morgan fingerprint density at radius 3 is 3.30 bits per heavy atom. The molecule has 0 aliphatic carbocycles. The van der Waals surface area contributed by atoms with Crippen LogP contribution in [-0.4, -0.2) is 4.57 Å². The van der Waals surface area contributed by atoms with Crippen molar-refractivity contribution in [1.29, 1.82) is 0 Å². The molecular weight excluding hydrogens is 128 g/mol. The van der Waals surface area contributed by atoms with Crippen LogP contribution >= 0.6 is 0 Å². The summed E-state index contributed by atoms with van der Waals surface area (Å²) >= 11 is 0. The summed E-state index contributed by atoms with van der Waals surface area (Å²) in [5.41, 5.74) is 7.43. The first-order chi connectivity index (χ1) is 4.86. The third-order valence-corrected chi connectivity index (χ3v) is 1.50. The van der Waals surface area contributed by atoms with Gasteiger partial charge < -0.3 is 15.0 Å². The molecule has 0 atom stereocenters. The number of nitrogen functional groups attached to an aromatic ring is 1. The van der Waals surface area contributed by atoms with E-state index in [0.717, 1.165) is 11.4 Å². The van der Waals surface area contributed by atoms with E-state index in [1.54, 1.807) is 6.26 Å². The van der Waals surface area contributed by atoms with Crippen LogP contribution in [0.25, 0.3) is 6.20 Å². The molecule has 1 aliphatic heterocycles. The lowest BCUT2D eigenvalue weighted by atomic mass is 10.4. The summed E-state index contributed by atoms with van der Waals surface area (Å²) in [6.07, 6.45) is 5.37. The van der Waals surface area contributed by atoms with Crippen LogP contribution in [0.2, 0.25) is 0 Å². The second kappa shape index (κ2) is 1.80. The summed E-state index contributed by atoms with van der Waals surface area (Å²) in [5, 5.41) is 0. The molecule has 0 spiro atoms. The highest BCUT2D eigenvalue weighted by Gasteiger charge is 2.04. The Labute approximate surface area is 58.7 Å². The minimum atomic E-state index is 0.619. The minimum Gasteiger partial charge on any atom is -0.493 e. The zero-order chi connectivity index (χ0) is 6.97. The van der Waals surface area contributed by atoms with E-state index in [0.29, 0.717) is 6.61 Å². The molecule has 0 unspecified atom stereocenters. The van der Waals surface area contributed by atoms with Gasteiger partial charge in [0.25, 0.3) is 0 Å². The fourth-order valence-corrected chi connectivity index (χ4v) is 1.04. The van der Waals surface area contributed by atoms with E-state index in [9.17, 15) is 0 Å². The molecule has 0 saturated carbocycles. The number of hydrogen-bond acceptors (Lipinski definition) is 2. The molecule has 0 amide bonds. The predicted molar refractivity (Wildman–Crippen MR) is 39.0 cm³/mol. The number of fused-ring (bicyclic) bond motifs is 1. The Bertz CT molecular complexity index is 275. The molecule has 2 heterocycles. The van der Waals surface area contributed by atoms with E-state index in [1.807, 2.05) is 23.0 Å². The van der Waals surface area contributed by atoms with Gasteiger partial charge in [-0.25, -0.2) is 0 Å². The Balaban J connectivity index is 2.53. The van der Waals surface area contributed by atoms with E-state index in [4.69, 9.17) is 10.5 Å². The Hall–Kier alpha value is -1.38. The van der Waals surface area contributed by atoms with E-state index in [2.05, 4.69) is 0 Å². The first kappa shape index (κ1) is 5.41. The van der Waals surface area contributed by atoms with Gasteiger partial charge in [0.05, 0.1) is 11.4 Å². The van der Waals surface area contributed by atoms with Crippen LogP contribution in [0, 0.1) is 0 Å². The lowest BCUT2D eigenvalue weighted by molar-refractivity contribution is 0.224. The number of nitrogens with zero attached hydrogens (tertiary/aromatic N) is 1. The molecule has 10 heavy (non-hydrogen) atoms. The normalized spacial score (nSPS) is 14.4. The number of nitrogens with two attached hydrogens (primary N) is 1. The smallest absolute Gasteiger partial charge is 0.128 e. The van der Waals surface area contributed by atoms with Crippen LogP contribution in [0.3, 0.4) is 0 Å². The van der Waals surface area contributed by atoms with Gasteiger partial charge in [0.2, 0.25) is 0 Å². The van der Waals surface area contributed by atoms with Crippen LogP contribution in [0.5, 0.6) is 0 Å². The van der Waals surface area contributed by atoms with Gasteiger partial charge in [-0.05, 0) is 6.07 Å². The van der Waals surface area contributed by atoms with Crippen LogP contribution in [0.4, 0.5) is 5.69 Å². The van der Waals surface area contributed by atoms with E-state index < -0.39 is 0 Å². The molecule has 2 rings (SSSR count). The van der Waals surface area contributed by atoms with Crippen LogP contribution in [0.15, 0.2) is 18.5 Å². The van der Waals surface area contributed by atoms with Crippen LogP contribution < -0.4 is 5.73 Å². The van der Waals surface area contributed by atoms with Gasteiger partial charge in [-0.3, -0.25) is 0 Å². The topological polar surface area (TPSA) is 40.2 Å². The first-order valence-electron chi connectivity index (χ1n) is 3.11. The Morgan fingerprint density at radius 2 is 2.50 bits per heavy atom. The van der Waals surface area contributed by atoms with Gasteiger partial charge in [0.15, 0.2) is 0 Å². The average Bonchev–Trinajstić information content (AvgIpc) is 2.27. The van der Waals surface area contributed by atoms with E-state index >= 15 is 0 Å². The van der Waals surface area contributed by atoms with E-state index in [-0.39, 0.29) is 0 Å². The third-order valence-electron chi connectivity index (χ3n) is 1.50. The average molecular weight is 136 g/mol. The second-order valence-electron chi connectivity index (χ2n) is 2.27. The van der Waals surface area contributed by atoms with Crippen molar-refractivity contribution in [3.8, 4) is 0 Å². The van der Waals surface area contributed by atoms with Crippen LogP contribution in [0.1, 0.15) is 5.69 Å². The lowest BCUT2D eigenvalue weighted by Crippen LogP contribution is -1.99. The molecule has 52 valence electrons. The highest BCUT2D eigenvalue weighted by Crippen LogP contribution is 2.15. The summed E-state index contributed by atoms with van der Waals surface area (Å²) in [7, 11) is 0. The maximum absolute atomic E-state index is 5.55. The molecule has 3 heteroatoms. The molecule has 0 radical (unpaired) electrons. The molecule has 3 nitrogen and oxygen atoms in total. The zero-order valence-electron chi connectivity index (χ0n) is 5.45. The fourth-order valence-electron chi connectivity index (χ4n) is 1.04. The molecule has 0 aromatic carbocycles. The van der Waals surface area contributed by atoms with Gasteiger partial charge in [-0.1, -0.05) is 0 Å². The highest BCUT2D eigenvalue weighted by atomic mass is 16.5. The molecule has 0 saturated heterocycles. The summed E-state index contributed by atoms with van der Waals surface area (Å²) in [6.45, 7) is 0.619. The summed E-state index contributed by atoms with van der Waals surface area (Å²) < 4.78 is 7.01. The molecule has 0 fully saturated rings. The maximum atomic E-state index is 5.55. The van der Waals surface area contributed by atoms with Crippen LogP contribution in [-0.2, 0) is 11.3 Å². The van der Waals surface area contributed by atoms with Crippen molar-refractivity contribution in [3.05, 3.63) is 24.2 Å². The van der Waals surface area contributed by atoms with Crippen molar-refractivity contribution in [2.45, 2.75) is 6.61 Å². The highest BCUT2D eigenvalue weighted by molar-refractivity contribution is 5.44. The molecule has 2 N–H and O–H groups in total. The number of anilines is 1. The lowest BCUT2D eigenvalue weighted by Gasteiger charge is -2.08. The first-order valence-corrected chi connectivity index (χ1v) is 3.11. The summed E-state index contributed by atoms with van der Waals surface area (Å²) in [6, 6.07) is 1.91. The number of hydrogen-bond donors (Lipinski definition) is 1. The molecular formula is C7H8N2O. The Morgan fingerprint density at radius 1 is 1.60 bits per heavy atom. The molecule has 0 bridgehead atoms. The Kier molecular flexibility index (Phi) is 0.974. The second-order valence-corrected chi connectivity index (χ2v) is 2.27. The zero-order valence-corrected chi connectivity index (χ0v) is 5.45. The van der Waals surface area contributed by atoms with E-state index in [1.165, 1.54) is 0 Å². The molecule has 1 aromatic heterocycles. The van der Waals surface area contributed by atoms with Gasteiger partial charge >= 0.3 is 0 Å². The largest absolute Gasteiger partial charge is 0.493 e.